The maximum Gasteiger partial charge on any atom is 0.255 e. The Morgan fingerprint density at radius 1 is 1.03 bits per heavy atom. The first-order chi connectivity index (χ1) is 17.9. The summed E-state index contributed by atoms with van der Waals surface area (Å²) < 4.78 is 7.17. The lowest BCUT2D eigenvalue weighted by molar-refractivity contribution is -0.113. The summed E-state index contributed by atoms with van der Waals surface area (Å²) in [5.74, 6) is 1.93. The van der Waals surface area contributed by atoms with Gasteiger partial charge in [0, 0.05) is 17.1 Å². The zero-order valence-corrected chi connectivity index (χ0v) is 22.1. The van der Waals surface area contributed by atoms with E-state index in [0.717, 1.165) is 39.6 Å². The third-order valence-corrected chi connectivity index (χ3v) is 7.48. The van der Waals surface area contributed by atoms with Crippen LogP contribution in [0.2, 0.25) is 0 Å². The normalized spacial score (nSPS) is 14.6. The van der Waals surface area contributed by atoms with Crippen molar-refractivity contribution in [2.24, 2.45) is 0 Å². The van der Waals surface area contributed by atoms with Gasteiger partial charge >= 0.3 is 0 Å². The second-order valence-electron chi connectivity index (χ2n) is 8.98. The van der Waals surface area contributed by atoms with Gasteiger partial charge in [-0.3, -0.25) is 4.79 Å². The van der Waals surface area contributed by atoms with Gasteiger partial charge in [0.05, 0.1) is 12.7 Å². The van der Waals surface area contributed by atoms with Crippen LogP contribution in [0.25, 0.3) is 0 Å². The Morgan fingerprint density at radius 2 is 1.78 bits per heavy atom. The number of aromatic nitrogens is 3. The van der Waals surface area contributed by atoms with Crippen LogP contribution in [0, 0.1) is 13.8 Å². The molecular formula is C29H29N5O2S. The van der Waals surface area contributed by atoms with Crippen LogP contribution in [-0.2, 0) is 10.5 Å². The maximum absolute atomic E-state index is 13.8. The van der Waals surface area contributed by atoms with Crippen molar-refractivity contribution in [2.75, 3.05) is 17.7 Å². The third-order valence-electron chi connectivity index (χ3n) is 6.57. The molecule has 188 valence electrons. The Balaban J connectivity index is 1.51. The van der Waals surface area contributed by atoms with Crippen molar-refractivity contribution in [2.45, 2.75) is 37.7 Å². The van der Waals surface area contributed by atoms with E-state index in [-0.39, 0.29) is 5.91 Å². The summed E-state index contributed by atoms with van der Waals surface area (Å²) in [5, 5.41) is 11.9. The number of thioether (sulfide) groups is 1. The van der Waals surface area contributed by atoms with Gasteiger partial charge in [0.25, 0.3) is 5.91 Å². The van der Waals surface area contributed by atoms with Crippen molar-refractivity contribution in [3.8, 4) is 5.75 Å². The van der Waals surface area contributed by atoms with E-state index in [4.69, 9.17) is 14.8 Å². The molecule has 1 aliphatic heterocycles. The van der Waals surface area contributed by atoms with E-state index in [1.165, 1.54) is 5.56 Å². The SMILES string of the molecule is COc1ccc(C2C(C(=O)Nc3cccc(C)c3C)=C(C)Nc3nc(SCc4ccccc4)nn32)cc1. The Morgan fingerprint density at radius 3 is 2.51 bits per heavy atom. The number of allylic oxidation sites excluding steroid dienone is 1. The molecule has 0 aliphatic carbocycles. The lowest BCUT2D eigenvalue weighted by Crippen LogP contribution is -2.31. The number of carbonyl (C=O) groups excluding carboxylic acids is 1. The van der Waals surface area contributed by atoms with E-state index in [1.807, 2.05) is 81.4 Å². The van der Waals surface area contributed by atoms with E-state index in [2.05, 4.69) is 22.8 Å². The lowest BCUT2D eigenvalue weighted by atomic mass is 9.94. The highest BCUT2D eigenvalue weighted by Crippen LogP contribution is 2.37. The molecule has 1 atom stereocenters. The molecule has 0 saturated heterocycles. The zero-order chi connectivity index (χ0) is 25.9. The first-order valence-electron chi connectivity index (χ1n) is 12.1. The van der Waals surface area contributed by atoms with Gasteiger partial charge in [-0.1, -0.05) is 66.4 Å². The van der Waals surface area contributed by atoms with Gasteiger partial charge in [-0.2, -0.15) is 4.98 Å². The zero-order valence-electron chi connectivity index (χ0n) is 21.3. The second-order valence-corrected chi connectivity index (χ2v) is 9.92. The number of fused-ring (bicyclic) bond motifs is 1. The van der Waals surface area contributed by atoms with Gasteiger partial charge in [-0.25, -0.2) is 4.68 Å². The van der Waals surface area contributed by atoms with E-state index in [9.17, 15) is 4.79 Å². The molecule has 0 radical (unpaired) electrons. The molecule has 4 aromatic rings. The van der Waals surface area contributed by atoms with Gasteiger partial charge in [0.1, 0.15) is 11.8 Å². The molecule has 37 heavy (non-hydrogen) atoms. The molecule has 1 unspecified atom stereocenters. The first kappa shape index (κ1) is 24.6. The number of nitrogens with zero attached hydrogens (tertiary/aromatic N) is 3. The molecule has 2 heterocycles. The minimum atomic E-state index is -0.453. The molecule has 8 heteroatoms. The largest absolute Gasteiger partial charge is 0.497 e. The van der Waals surface area contributed by atoms with Crippen LogP contribution in [0.15, 0.2) is 89.2 Å². The summed E-state index contributed by atoms with van der Waals surface area (Å²) >= 11 is 1.57. The molecule has 3 aromatic carbocycles. The molecule has 7 nitrogen and oxygen atoms in total. The van der Waals surface area contributed by atoms with Gasteiger partial charge in [0.2, 0.25) is 11.1 Å². The number of nitrogens with one attached hydrogen (secondary N) is 2. The number of aryl methyl sites for hydroxylation is 1. The summed E-state index contributed by atoms with van der Waals surface area (Å²) in [6.07, 6.45) is 0. The molecule has 1 aromatic heterocycles. The van der Waals surface area contributed by atoms with Gasteiger partial charge in [-0.05, 0) is 61.2 Å². The third kappa shape index (κ3) is 5.11. The topological polar surface area (TPSA) is 81.1 Å². The van der Waals surface area contributed by atoms with Crippen molar-refractivity contribution in [1.29, 1.82) is 0 Å². The highest BCUT2D eigenvalue weighted by Gasteiger charge is 2.34. The Hall–Kier alpha value is -4.04. The molecule has 1 aliphatic rings. The first-order valence-corrected chi connectivity index (χ1v) is 13.1. The quantitative estimate of drug-likeness (QED) is 0.291. The van der Waals surface area contributed by atoms with Crippen LogP contribution < -0.4 is 15.4 Å². The van der Waals surface area contributed by atoms with Crippen molar-refractivity contribution in [3.63, 3.8) is 0 Å². The number of ether oxygens (including phenoxy) is 1. The van der Waals surface area contributed by atoms with Crippen LogP contribution in [0.4, 0.5) is 11.6 Å². The summed E-state index contributed by atoms with van der Waals surface area (Å²) in [6.45, 7) is 5.95. The number of anilines is 2. The fraction of sp³-hybridized carbons (Fsp3) is 0.207. The molecule has 0 spiro atoms. The van der Waals surface area contributed by atoms with Crippen LogP contribution in [-0.4, -0.2) is 27.8 Å². The van der Waals surface area contributed by atoms with Crippen molar-refractivity contribution in [3.05, 3.63) is 106 Å². The molecule has 0 bridgehead atoms. The number of amides is 1. The number of benzene rings is 3. The predicted octanol–water partition coefficient (Wildman–Crippen LogP) is 6.12. The number of carbonyl (C=O) groups is 1. The second kappa shape index (κ2) is 10.5. The Labute approximate surface area is 221 Å². The minimum Gasteiger partial charge on any atom is -0.497 e. The molecule has 2 N–H and O–H groups in total. The van der Waals surface area contributed by atoms with E-state index in [0.29, 0.717) is 16.7 Å². The number of hydrogen-bond acceptors (Lipinski definition) is 6. The summed E-state index contributed by atoms with van der Waals surface area (Å²) in [6, 6.07) is 23.4. The lowest BCUT2D eigenvalue weighted by Gasteiger charge is -2.29. The molecule has 5 rings (SSSR count). The van der Waals surface area contributed by atoms with Crippen molar-refractivity contribution < 1.29 is 9.53 Å². The van der Waals surface area contributed by atoms with E-state index < -0.39 is 6.04 Å². The standard InChI is InChI=1S/C29H29N5O2S/c1-18-9-8-12-24(19(18)2)31-27(35)25-20(3)30-28-32-29(37-17-21-10-6-5-7-11-21)33-34(28)26(25)22-13-15-23(36-4)16-14-22/h5-16,26H,17H2,1-4H3,(H,31,35)(H,30,32,33). The monoisotopic (exact) mass is 511 g/mol. The molecular weight excluding hydrogens is 482 g/mol. The van der Waals surface area contributed by atoms with Crippen LogP contribution in [0.5, 0.6) is 5.75 Å². The Bertz CT molecular complexity index is 1460. The fourth-order valence-corrected chi connectivity index (χ4v) is 5.16. The predicted molar refractivity (Wildman–Crippen MR) is 148 cm³/mol. The average molecular weight is 512 g/mol. The van der Waals surface area contributed by atoms with Gasteiger partial charge < -0.3 is 15.4 Å². The number of rotatable bonds is 7. The number of hydrogen-bond donors (Lipinski definition) is 2. The molecule has 1 amide bonds. The summed E-state index contributed by atoms with van der Waals surface area (Å²) in [5.41, 5.74) is 6.39. The van der Waals surface area contributed by atoms with Crippen molar-refractivity contribution in [1.82, 2.24) is 14.8 Å². The van der Waals surface area contributed by atoms with Gasteiger partial charge in [-0.15, -0.1) is 5.10 Å². The maximum atomic E-state index is 13.8. The van der Waals surface area contributed by atoms with Crippen LogP contribution in [0.1, 0.15) is 35.2 Å². The molecule has 0 fully saturated rings. The smallest absolute Gasteiger partial charge is 0.255 e. The fourth-order valence-electron chi connectivity index (χ4n) is 4.38. The number of methoxy groups -OCH3 is 1. The average Bonchev–Trinajstić information content (AvgIpc) is 3.32. The van der Waals surface area contributed by atoms with Crippen LogP contribution >= 0.6 is 11.8 Å². The summed E-state index contributed by atoms with van der Waals surface area (Å²) in [7, 11) is 1.64. The minimum absolute atomic E-state index is 0.181. The Kier molecular flexibility index (Phi) is 7.01. The highest BCUT2D eigenvalue weighted by molar-refractivity contribution is 7.98. The van der Waals surface area contributed by atoms with E-state index >= 15 is 0 Å². The van der Waals surface area contributed by atoms with E-state index in [1.54, 1.807) is 23.6 Å². The summed E-state index contributed by atoms with van der Waals surface area (Å²) in [4.78, 5) is 18.5. The molecule has 0 saturated carbocycles. The van der Waals surface area contributed by atoms with Crippen LogP contribution in [0.3, 0.4) is 0 Å². The van der Waals surface area contributed by atoms with Crippen molar-refractivity contribution >= 4 is 29.3 Å². The highest BCUT2D eigenvalue weighted by atomic mass is 32.2. The van der Waals surface area contributed by atoms with Gasteiger partial charge in [0.15, 0.2) is 0 Å².